The molecule has 4 heterocycles. The number of benzene rings is 1. The van der Waals surface area contributed by atoms with E-state index in [1.54, 1.807) is 9.13 Å². The Morgan fingerprint density at radius 1 is 1.08 bits per heavy atom. The SMILES string of the molecule is CCCCc1cn(-c2c(CO)ccn2C(C)C)c(=O)n1Cc1ccc(-c2ccccc2-c2nn[nH]n2)cn1. The fourth-order valence-corrected chi connectivity index (χ4v) is 4.75. The van der Waals surface area contributed by atoms with Crippen molar-refractivity contribution in [2.24, 2.45) is 0 Å². The van der Waals surface area contributed by atoms with E-state index < -0.39 is 0 Å². The Balaban J connectivity index is 1.50. The van der Waals surface area contributed by atoms with Gasteiger partial charge in [0.25, 0.3) is 0 Å². The fourth-order valence-electron chi connectivity index (χ4n) is 4.75. The number of aromatic amines is 1. The minimum absolute atomic E-state index is 0.134. The van der Waals surface area contributed by atoms with E-state index in [4.69, 9.17) is 4.98 Å². The normalized spacial score (nSPS) is 11.5. The third kappa shape index (κ3) is 4.82. The van der Waals surface area contributed by atoms with Crippen LogP contribution in [0.4, 0.5) is 0 Å². The number of imidazole rings is 1. The summed E-state index contributed by atoms with van der Waals surface area (Å²) in [5.41, 5.74) is 5.05. The average Bonchev–Trinajstić information content (AvgIpc) is 3.68. The van der Waals surface area contributed by atoms with Crippen LogP contribution in [0, 0.1) is 0 Å². The molecule has 5 aromatic rings. The first-order valence-electron chi connectivity index (χ1n) is 12.9. The summed E-state index contributed by atoms with van der Waals surface area (Å²) in [5, 5.41) is 24.4. The standard InChI is InChI=1S/C28H32N8O2/c1-4-5-8-23-17-36(27-21(18-37)13-14-34(27)19(2)3)28(38)35(23)16-22-12-11-20(15-29-22)24-9-6-7-10-25(24)26-30-32-33-31-26/h6-7,9-15,17,19,37H,4-5,8,16,18H2,1-3H3,(H,30,31,32,33). The van der Waals surface area contributed by atoms with Gasteiger partial charge in [-0.3, -0.25) is 14.1 Å². The number of aromatic nitrogens is 8. The van der Waals surface area contributed by atoms with E-state index in [2.05, 4.69) is 41.4 Å². The summed E-state index contributed by atoms with van der Waals surface area (Å²) in [6, 6.07) is 13.8. The van der Waals surface area contributed by atoms with Crippen LogP contribution in [0.5, 0.6) is 0 Å². The highest BCUT2D eigenvalue weighted by molar-refractivity contribution is 5.79. The van der Waals surface area contributed by atoms with Crippen LogP contribution in [0.15, 0.2) is 65.8 Å². The van der Waals surface area contributed by atoms with Gasteiger partial charge in [-0.25, -0.2) is 4.79 Å². The molecule has 0 radical (unpaired) electrons. The molecule has 10 heteroatoms. The van der Waals surface area contributed by atoms with Crippen molar-refractivity contribution in [3.63, 3.8) is 0 Å². The van der Waals surface area contributed by atoms with Gasteiger partial charge >= 0.3 is 5.69 Å². The summed E-state index contributed by atoms with van der Waals surface area (Å²) < 4.78 is 5.49. The summed E-state index contributed by atoms with van der Waals surface area (Å²) in [5.74, 6) is 1.23. The number of aliphatic hydroxyl groups is 1. The zero-order valence-electron chi connectivity index (χ0n) is 21.9. The molecule has 0 amide bonds. The van der Waals surface area contributed by atoms with Crippen LogP contribution in [0.1, 0.15) is 56.6 Å². The third-order valence-electron chi connectivity index (χ3n) is 6.74. The number of rotatable bonds is 10. The Morgan fingerprint density at radius 3 is 2.55 bits per heavy atom. The number of aryl methyl sites for hydroxylation is 1. The Labute approximate surface area is 220 Å². The Morgan fingerprint density at radius 2 is 1.89 bits per heavy atom. The first kappa shape index (κ1) is 25.3. The van der Waals surface area contributed by atoms with Gasteiger partial charge in [-0.05, 0) is 49.6 Å². The molecule has 0 unspecified atom stereocenters. The molecular formula is C28H32N8O2. The topological polar surface area (TPSA) is 119 Å². The number of H-pyrrole nitrogens is 1. The molecule has 0 aliphatic heterocycles. The Hall–Kier alpha value is -4.31. The molecule has 10 nitrogen and oxygen atoms in total. The first-order chi connectivity index (χ1) is 18.5. The molecule has 196 valence electrons. The van der Waals surface area contributed by atoms with E-state index in [0.29, 0.717) is 18.2 Å². The van der Waals surface area contributed by atoms with Crippen LogP contribution in [0.2, 0.25) is 0 Å². The van der Waals surface area contributed by atoms with Crippen LogP contribution in [0.3, 0.4) is 0 Å². The molecule has 0 atom stereocenters. The van der Waals surface area contributed by atoms with Crippen LogP contribution >= 0.6 is 0 Å². The first-order valence-corrected chi connectivity index (χ1v) is 12.9. The van der Waals surface area contributed by atoms with Crippen LogP contribution in [-0.2, 0) is 19.6 Å². The number of nitrogens with zero attached hydrogens (tertiary/aromatic N) is 7. The lowest BCUT2D eigenvalue weighted by molar-refractivity contribution is 0.281. The molecule has 0 aliphatic carbocycles. The van der Waals surface area contributed by atoms with E-state index in [0.717, 1.165) is 52.9 Å². The lowest BCUT2D eigenvalue weighted by Gasteiger charge is -2.14. The van der Waals surface area contributed by atoms with Gasteiger partial charge in [0, 0.05) is 47.0 Å². The molecular weight excluding hydrogens is 480 g/mol. The maximum atomic E-state index is 13.7. The van der Waals surface area contributed by atoms with Gasteiger partial charge in [-0.1, -0.05) is 43.7 Å². The largest absolute Gasteiger partial charge is 0.392 e. The lowest BCUT2D eigenvalue weighted by Crippen LogP contribution is -2.27. The van der Waals surface area contributed by atoms with Crippen LogP contribution in [-0.4, -0.2) is 44.4 Å². The van der Waals surface area contributed by atoms with Crippen molar-refractivity contribution >= 4 is 0 Å². The Kier molecular flexibility index (Phi) is 7.32. The number of hydrogen-bond donors (Lipinski definition) is 2. The van der Waals surface area contributed by atoms with Crippen molar-refractivity contribution in [1.29, 1.82) is 0 Å². The van der Waals surface area contributed by atoms with Gasteiger partial charge in [0.15, 0.2) is 0 Å². The summed E-state index contributed by atoms with van der Waals surface area (Å²) in [6.45, 7) is 6.49. The number of aliphatic hydroxyl groups excluding tert-OH is 1. The van der Waals surface area contributed by atoms with E-state index in [9.17, 15) is 9.90 Å². The molecule has 2 N–H and O–H groups in total. The van der Waals surface area contributed by atoms with Crippen molar-refractivity contribution in [3.8, 4) is 28.3 Å². The maximum Gasteiger partial charge on any atom is 0.334 e. The summed E-state index contributed by atoms with van der Waals surface area (Å²) in [7, 11) is 0. The number of pyridine rings is 1. The molecule has 0 saturated heterocycles. The molecule has 0 spiro atoms. The minimum atomic E-state index is -0.139. The van der Waals surface area contributed by atoms with Crippen molar-refractivity contribution in [2.45, 2.75) is 59.2 Å². The molecule has 4 aromatic heterocycles. The predicted octanol–water partition coefficient (Wildman–Crippen LogP) is 4.15. The molecule has 0 bridgehead atoms. The number of tetrazole rings is 1. The van der Waals surface area contributed by atoms with Gasteiger partial charge < -0.3 is 9.67 Å². The maximum absolute atomic E-state index is 13.7. The third-order valence-corrected chi connectivity index (χ3v) is 6.74. The number of nitrogens with one attached hydrogen (secondary N) is 1. The van der Waals surface area contributed by atoms with Gasteiger partial charge in [-0.2, -0.15) is 5.21 Å². The van der Waals surface area contributed by atoms with Crippen molar-refractivity contribution in [1.82, 2.24) is 39.3 Å². The molecule has 38 heavy (non-hydrogen) atoms. The predicted molar refractivity (Wildman–Crippen MR) is 145 cm³/mol. The van der Waals surface area contributed by atoms with Gasteiger partial charge in [-0.15, -0.1) is 10.2 Å². The molecule has 0 aliphatic rings. The lowest BCUT2D eigenvalue weighted by atomic mass is 10.0. The van der Waals surface area contributed by atoms with E-state index in [-0.39, 0.29) is 18.3 Å². The quantitative estimate of drug-likeness (QED) is 0.290. The van der Waals surface area contributed by atoms with Crippen molar-refractivity contribution < 1.29 is 5.11 Å². The van der Waals surface area contributed by atoms with Crippen LogP contribution < -0.4 is 5.69 Å². The fraction of sp³-hybridized carbons (Fsp3) is 0.321. The second kappa shape index (κ2) is 11.0. The molecule has 0 fully saturated rings. The highest BCUT2D eigenvalue weighted by Gasteiger charge is 2.20. The Bertz CT molecular complexity index is 1560. The second-order valence-corrected chi connectivity index (χ2v) is 9.61. The highest BCUT2D eigenvalue weighted by Crippen LogP contribution is 2.29. The van der Waals surface area contributed by atoms with Gasteiger partial charge in [0.1, 0.15) is 5.82 Å². The molecule has 0 saturated carbocycles. The van der Waals surface area contributed by atoms with Crippen molar-refractivity contribution in [2.75, 3.05) is 0 Å². The number of unbranched alkanes of at least 4 members (excludes halogenated alkanes) is 1. The summed E-state index contributed by atoms with van der Waals surface area (Å²) in [6.07, 6.45) is 8.44. The van der Waals surface area contributed by atoms with Crippen molar-refractivity contribution in [3.05, 3.63) is 88.5 Å². The second-order valence-electron chi connectivity index (χ2n) is 9.61. The smallest absolute Gasteiger partial charge is 0.334 e. The zero-order valence-corrected chi connectivity index (χ0v) is 21.9. The average molecular weight is 513 g/mol. The van der Waals surface area contributed by atoms with E-state index in [1.807, 2.05) is 65.6 Å². The monoisotopic (exact) mass is 512 g/mol. The van der Waals surface area contributed by atoms with E-state index in [1.165, 1.54) is 0 Å². The zero-order chi connectivity index (χ0) is 26.6. The van der Waals surface area contributed by atoms with E-state index >= 15 is 0 Å². The highest BCUT2D eigenvalue weighted by atomic mass is 16.3. The van der Waals surface area contributed by atoms with Gasteiger partial charge in [0.05, 0.1) is 18.8 Å². The van der Waals surface area contributed by atoms with Crippen LogP contribution in [0.25, 0.3) is 28.3 Å². The van der Waals surface area contributed by atoms with Gasteiger partial charge in [0.2, 0.25) is 5.82 Å². The molecule has 1 aromatic carbocycles. The minimum Gasteiger partial charge on any atom is -0.392 e. The number of hydrogen-bond acceptors (Lipinski definition) is 6. The molecule has 5 rings (SSSR count). The summed E-state index contributed by atoms with van der Waals surface area (Å²) >= 11 is 0. The summed E-state index contributed by atoms with van der Waals surface area (Å²) in [4.78, 5) is 18.5.